The van der Waals surface area contributed by atoms with Crippen molar-refractivity contribution in [3.05, 3.63) is 132 Å². The van der Waals surface area contributed by atoms with E-state index in [4.69, 9.17) is 0 Å². The van der Waals surface area contributed by atoms with Crippen molar-refractivity contribution in [2.45, 2.75) is 57.2 Å². The smallest absolute Gasteiger partial charge is 0.235 e. The molecule has 1 amide bonds. The molecular formula is C32H34N2O. The summed E-state index contributed by atoms with van der Waals surface area (Å²) >= 11 is 0. The van der Waals surface area contributed by atoms with Crippen LogP contribution in [0, 0.1) is 0 Å². The van der Waals surface area contributed by atoms with Gasteiger partial charge in [0.15, 0.2) is 0 Å². The second-order valence-corrected chi connectivity index (χ2v) is 9.63. The maximum absolute atomic E-state index is 14.5. The molecule has 1 saturated carbocycles. The number of rotatable bonds is 8. The zero-order valence-electron chi connectivity index (χ0n) is 20.3. The number of aromatic nitrogens is 1. The molecule has 1 fully saturated rings. The van der Waals surface area contributed by atoms with Crippen molar-refractivity contribution in [3.8, 4) is 0 Å². The van der Waals surface area contributed by atoms with Crippen LogP contribution < -0.4 is 0 Å². The second kappa shape index (κ2) is 11.2. The molecule has 0 atom stereocenters. The molecule has 5 rings (SSSR count). The molecule has 3 nitrogen and oxygen atoms in total. The molecule has 1 heterocycles. The summed E-state index contributed by atoms with van der Waals surface area (Å²) in [6.45, 7) is 1.45. The van der Waals surface area contributed by atoms with Crippen LogP contribution in [0.5, 0.6) is 0 Å². The van der Waals surface area contributed by atoms with Gasteiger partial charge in [0.1, 0.15) is 0 Å². The fourth-order valence-electron chi connectivity index (χ4n) is 5.42. The first-order valence-electron chi connectivity index (χ1n) is 12.9. The first-order chi connectivity index (χ1) is 17.3. The van der Waals surface area contributed by atoms with E-state index in [1.807, 2.05) is 36.4 Å². The first-order valence-corrected chi connectivity index (χ1v) is 12.9. The Morgan fingerprint density at radius 2 is 1.31 bits per heavy atom. The van der Waals surface area contributed by atoms with Crippen molar-refractivity contribution >= 4 is 5.91 Å². The van der Waals surface area contributed by atoms with Crippen LogP contribution >= 0.6 is 0 Å². The van der Waals surface area contributed by atoms with E-state index >= 15 is 0 Å². The molecule has 1 aliphatic carbocycles. The molecule has 0 spiro atoms. The molecule has 35 heavy (non-hydrogen) atoms. The number of carbonyl (C=O) groups is 1. The number of amides is 1. The van der Waals surface area contributed by atoms with Crippen LogP contribution in [0.15, 0.2) is 109 Å². The normalized spacial score (nSPS) is 14.2. The summed E-state index contributed by atoms with van der Waals surface area (Å²) in [4.78, 5) is 16.7. The zero-order valence-corrected chi connectivity index (χ0v) is 20.3. The van der Waals surface area contributed by atoms with Crippen LogP contribution in [0.2, 0.25) is 0 Å². The van der Waals surface area contributed by atoms with Crippen molar-refractivity contribution in [1.82, 2.24) is 9.47 Å². The highest BCUT2D eigenvalue weighted by Crippen LogP contribution is 2.32. The van der Waals surface area contributed by atoms with Crippen molar-refractivity contribution in [2.75, 3.05) is 0 Å². The maximum Gasteiger partial charge on any atom is 0.235 e. The van der Waals surface area contributed by atoms with Crippen molar-refractivity contribution < 1.29 is 4.79 Å². The Morgan fingerprint density at radius 1 is 0.743 bits per heavy atom. The average Bonchev–Trinajstić information content (AvgIpc) is 3.36. The van der Waals surface area contributed by atoms with Crippen LogP contribution in [0.1, 0.15) is 60.4 Å². The Hall–Kier alpha value is -3.59. The SMILES string of the molecule is O=C(C(c1ccccc1)c1ccccc1)N(Cc1cccn1Cc1ccccc1)C1CCCCC1. The monoisotopic (exact) mass is 462 g/mol. The van der Waals surface area contributed by atoms with Gasteiger partial charge in [-0.2, -0.15) is 0 Å². The molecule has 4 aromatic rings. The summed E-state index contributed by atoms with van der Waals surface area (Å²) in [5.41, 5.74) is 4.58. The van der Waals surface area contributed by atoms with Gasteiger partial charge in [-0.3, -0.25) is 4.79 Å². The summed E-state index contributed by atoms with van der Waals surface area (Å²) in [5.74, 6) is -0.0846. The minimum absolute atomic E-state index is 0.210. The quantitative estimate of drug-likeness (QED) is 0.276. The Labute approximate surface area is 209 Å². The lowest BCUT2D eigenvalue weighted by atomic mass is 9.87. The molecule has 3 heteroatoms. The largest absolute Gasteiger partial charge is 0.345 e. The first kappa shape index (κ1) is 23.2. The van der Waals surface area contributed by atoms with Gasteiger partial charge in [-0.15, -0.1) is 0 Å². The van der Waals surface area contributed by atoms with E-state index in [0.717, 1.165) is 30.5 Å². The third-order valence-electron chi connectivity index (χ3n) is 7.26. The van der Waals surface area contributed by atoms with Crippen LogP contribution in [-0.4, -0.2) is 21.4 Å². The van der Waals surface area contributed by atoms with Gasteiger partial charge < -0.3 is 9.47 Å². The van der Waals surface area contributed by atoms with E-state index < -0.39 is 0 Å². The van der Waals surface area contributed by atoms with E-state index in [0.29, 0.717) is 6.54 Å². The minimum Gasteiger partial charge on any atom is -0.345 e. The molecule has 0 unspecified atom stereocenters. The van der Waals surface area contributed by atoms with E-state index in [2.05, 4.69) is 82.4 Å². The summed E-state index contributed by atoms with van der Waals surface area (Å²) in [7, 11) is 0. The molecule has 0 radical (unpaired) electrons. The summed E-state index contributed by atoms with van der Waals surface area (Å²) in [6, 6.07) is 35.6. The average molecular weight is 463 g/mol. The number of carbonyl (C=O) groups excluding carboxylic acids is 1. The second-order valence-electron chi connectivity index (χ2n) is 9.63. The van der Waals surface area contributed by atoms with Gasteiger partial charge in [-0.25, -0.2) is 0 Å². The van der Waals surface area contributed by atoms with Gasteiger partial charge in [0.05, 0.1) is 12.5 Å². The molecule has 0 bridgehead atoms. The molecular weight excluding hydrogens is 428 g/mol. The fourth-order valence-corrected chi connectivity index (χ4v) is 5.42. The standard InChI is InChI=1S/C32H34N2O/c35-32(31(27-16-7-2-8-17-27)28-18-9-3-10-19-28)34(29-20-11-4-12-21-29)25-30-22-13-23-33(30)24-26-14-5-1-6-15-26/h1-3,5-10,13-19,22-23,29,31H,4,11-12,20-21,24-25H2. The third-order valence-corrected chi connectivity index (χ3v) is 7.26. The molecule has 3 aromatic carbocycles. The third kappa shape index (κ3) is 5.57. The molecule has 0 N–H and O–H groups in total. The van der Waals surface area contributed by atoms with Crippen LogP contribution in [0.25, 0.3) is 0 Å². The summed E-state index contributed by atoms with van der Waals surface area (Å²) < 4.78 is 2.29. The van der Waals surface area contributed by atoms with Gasteiger partial charge >= 0.3 is 0 Å². The van der Waals surface area contributed by atoms with Gasteiger partial charge in [0, 0.05) is 24.5 Å². The van der Waals surface area contributed by atoms with Crippen molar-refractivity contribution in [1.29, 1.82) is 0 Å². The number of nitrogens with zero attached hydrogens (tertiary/aromatic N) is 2. The maximum atomic E-state index is 14.5. The molecule has 1 aliphatic rings. The lowest BCUT2D eigenvalue weighted by Gasteiger charge is -2.37. The van der Waals surface area contributed by atoms with Gasteiger partial charge in [0.2, 0.25) is 5.91 Å². The Balaban J connectivity index is 1.48. The van der Waals surface area contributed by atoms with Crippen LogP contribution in [0.4, 0.5) is 0 Å². The highest BCUT2D eigenvalue weighted by atomic mass is 16.2. The number of benzene rings is 3. The predicted octanol–water partition coefficient (Wildman–Crippen LogP) is 7.03. The summed E-state index contributed by atoms with van der Waals surface area (Å²) in [5, 5.41) is 0. The topological polar surface area (TPSA) is 25.2 Å². The van der Waals surface area contributed by atoms with Crippen LogP contribution in [0.3, 0.4) is 0 Å². The van der Waals surface area contributed by atoms with Gasteiger partial charge in [-0.1, -0.05) is 110 Å². The van der Waals surface area contributed by atoms with Crippen molar-refractivity contribution in [2.24, 2.45) is 0 Å². The number of hydrogen-bond acceptors (Lipinski definition) is 1. The lowest BCUT2D eigenvalue weighted by Crippen LogP contribution is -2.44. The van der Waals surface area contributed by atoms with E-state index in [1.165, 1.54) is 30.5 Å². The lowest BCUT2D eigenvalue weighted by molar-refractivity contribution is -0.135. The van der Waals surface area contributed by atoms with E-state index in [-0.39, 0.29) is 17.9 Å². The Morgan fingerprint density at radius 3 is 1.91 bits per heavy atom. The molecule has 1 aromatic heterocycles. The Kier molecular flexibility index (Phi) is 7.43. The minimum atomic E-state index is -0.295. The summed E-state index contributed by atoms with van der Waals surface area (Å²) in [6.07, 6.45) is 7.96. The van der Waals surface area contributed by atoms with E-state index in [1.54, 1.807) is 0 Å². The highest BCUT2D eigenvalue weighted by Gasteiger charge is 2.33. The van der Waals surface area contributed by atoms with Crippen LogP contribution in [-0.2, 0) is 17.9 Å². The number of hydrogen-bond donors (Lipinski definition) is 0. The molecule has 178 valence electrons. The highest BCUT2D eigenvalue weighted by molar-refractivity contribution is 5.87. The molecule has 0 saturated heterocycles. The van der Waals surface area contributed by atoms with Gasteiger partial charge in [-0.05, 0) is 41.7 Å². The molecule has 0 aliphatic heterocycles. The van der Waals surface area contributed by atoms with Gasteiger partial charge in [0.25, 0.3) is 0 Å². The predicted molar refractivity (Wildman–Crippen MR) is 142 cm³/mol. The van der Waals surface area contributed by atoms with E-state index in [9.17, 15) is 4.79 Å². The fraction of sp³-hybridized carbons (Fsp3) is 0.281. The Bertz CT molecular complexity index is 1150. The van der Waals surface area contributed by atoms with Crippen molar-refractivity contribution in [3.63, 3.8) is 0 Å². The zero-order chi connectivity index (χ0) is 23.9.